The molecule has 3 N–H and O–H groups in total. The molecule has 3 rings (SSSR count). The summed E-state index contributed by atoms with van der Waals surface area (Å²) in [6.45, 7) is 4.65. The van der Waals surface area contributed by atoms with Gasteiger partial charge in [0.05, 0.1) is 12.6 Å². The van der Waals surface area contributed by atoms with E-state index in [0.717, 1.165) is 24.2 Å². The summed E-state index contributed by atoms with van der Waals surface area (Å²) in [5.41, 5.74) is 0.126. The van der Waals surface area contributed by atoms with E-state index in [0.29, 0.717) is 19.5 Å². The zero-order chi connectivity index (χ0) is 23.3. The first-order valence-electron chi connectivity index (χ1n) is 10.1. The summed E-state index contributed by atoms with van der Waals surface area (Å²) in [5.74, 6) is -1.72. The SMILES string of the molecule is CC(C)C[C@H](CO)Nc1nc(NS(=O)(=O)N2CCC2)nc(SCc2cccc(F)c2F)n1. The first-order valence-corrected chi connectivity index (χ1v) is 12.6. The minimum atomic E-state index is -3.81. The van der Waals surface area contributed by atoms with E-state index in [1.54, 1.807) is 0 Å². The van der Waals surface area contributed by atoms with Crippen molar-refractivity contribution in [1.29, 1.82) is 0 Å². The Kier molecular flexibility index (Phi) is 8.20. The number of nitrogens with zero attached hydrogens (tertiary/aromatic N) is 4. The third-order valence-corrected chi connectivity index (χ3v) is 7.07. The molecule has 1 atom stereocenters. The molecule has 32 heavy (non-hydrogen) atoms. The van der Waals surface area contributed by atoms with Gasteiger partial charge in [0, 0.05) is 24.4 Å². The summed E-state index contributed by atoms with van der Waals surface area (Å²) >= 11 is 1.01. The summed E-state index contributed by atoms with van der Waals surface area (Å²) in [6.07, 6.45) is 1.41. The van der Waals surface area contributed by atoms with Crippen LogP contribution in [0, 0.1) is 17.6 Å². The van der Waals surface area contributed by atoms with Crippen molar-refractivity contribution in [2.24, 2.45) is 5.92 Å². The smallest absolute Gasteiger partial charge is 0.303 e. The van der Waals surface area contributed by atoms with Gasteiger partial charge in [-0.05, 0) is 24.8 Å². The van der Waals surface area contributed by atoms with E-state index in [1.807, 2.05) is 13.8 Å². The number of nitrogens with one attached hydrogen (secondary N) is 2. The zero-order valence-electron chi connectivity index (χ0n) is 17.8. The van der Waals surface area contributed by atoms with Crippen molar-refractivity contribution in [3.63, 3.8) is 0 Å². The van der Waals surface area contributed by atoms with Crippen LogP contribution in [-0.4, -0.2) is 58.5 Å². The number of aromatic nitrogens is 3. The topological polar surface area (TPSA) is 120 Å². The second-order valence-corrected chi connectivity index (χ2v) is 10.4. The Morgan fingerprint density at radius 1 is 1.19 bits per heavy atom. The number of hydrogen-bond donors (Lipinski definition) is 3. The van der Waals surface area contributed by atoms with Crippen LogP contribution in [0.3, 0.4) is 0 Å². The first kappa shape index (κ1) is 24.6. The fourth-order valence-corrected chi connectivity index (χ4v) is 4.97. The lowest BCUT2D eigenvalue weighted by molar-refractivity contribution is 0.259. The summed E-state index contributed by atoms with van der Waals surface area (Å²) in [6, 6.07) is 3.53. The van der Waals surface area contributed by atoms with Crippen molar-refractivity contribution >= 4 is 33.9 Å². The summed E-state index contributed by atoms with van der Waals surface area (Å²) in [7, 11) is -3.81. The minimum absolute atomic E-state index is 0.0286. The van der Waals surface area contributed by atoms with Crippen molar-refractivity contribution < 1.29 is 22.3 Å². The summed E-state index contributed by atoms with van der Waals surface area (Å²) in [4.78, 5) is 12.5. The van der Waals surface area contributed by atoms with Crippen LogP contribution in [0.2, 0.25) is 0 Å². The second kappa shape index (κ2) is 10.7. The van der Waals surface area contributed by atoms with Gasteiger partial charge in [-0.1, -0.05) is 37.7 Å². The molecule has 1 aromatic heterocycles. The Morgan fingerprint density at radius 3 is 2.53 bits per heavy atom. The second-order valence-electron chi connectivity index (χ2n) is 7.78. The molecule has 0 saturated carbocycles. The maximum absolute atomic E-state index is 14.0. The monoisotopic (exact) mass is 488 g/mol. The molecule has 176 valence electrons. The van der Waals surface area contributed by atoms with Crippen molar-refractivity contribution in [3.8, 4) is 0 Å². The highest BCUT2D eigenvalue weighted by Gasteiger charge is 2.28. The number of anilines is 2. The molecule has 2 aromatic rings. The fourth-order valence-electron chi connectivity index (χ4n) is 2.97. The minimum Gasteiger partial charge on any atom is -0.394 e. The lowest BCUT2D eigenvalue weighted by Crippen LogP contribution is -2.45. The molecule has 1 fully saturated rings. The van der Waals surface area contributed by atoms with Gasteiger partial charge in [-0.3, -0.25) is 0 Å². The van der Waals surface area contributed by atoms with E-state index in [1.165, 1.54) is 16.4 Å². The van der Waals surface area contributed by atoms with Crippen LogP contribution >= 0.6 is 11.8 Å². The van der Waals surface area contributed by atoms with Crippen LogP contribution in [0.4, 0.5) is 20.7 Å². The van der Waals surface area contributed by atoms with Crippen LogP contribution in [0.1, 0.15) is 32.3 Å². The molecule has 0 amide bonds. The van der Waals surface area contributed by atoms with Gasteiger partial charge in [-0.15, -0.1) is 0 Å². The van der Waals surface area contributed by atoms with Crippen molar-refractivity contribution in [1.82, 2.24) is 19.3 Å². The van der Waals surface area contributed by atoms with E-state index < -0.39 is 21.8 Å². The standard InChI is InChI=1S/C19H26F2N6O3S2/c1-12(2)9-14(10-28)22-17-23-18(26-32(29,30)27-7-4-8-27)25-19(24-17)31-11-13-5-3-6-15(20)16(13)21/h3,5-6,12,14,28H,4,7-11H2,1-2H3,(H2,22,23,24,25,26)/t14-/m1/s1. The van der Waals surface area contributed by atoms with Gasteiger partial charge in [-0.25, -0.2) is 13.5 Å². The summed E-state index contributed by atoms with van der Waals surface area (Å²) < 4.78 is 55.9. The van der Waals surface area contributed by atoms with Crippen LogP contribution in [0.25, 0.3) is 0 Å². The van der Waals surface area contributed by atoms with Gasteiger partial charge in [-0.2, -0.15) is 27.7 Å². The lowest BCUT2D eigenvalue weighted by Gasteiger charge is -2.29. The molecule has 0 aliphatic carbocycles. The van der Waals surface area contributed by atoms with Gasteiger partial charge >= 0.3 is 10.2 Å². The van der Waals surface area contributed by atoms with Crippen molar-refractivity contribution in [3.05, 3.63) is 35.4 Å². The number of aliphatic hydroxyl groups is 1. The Labute approximate surface area is 190 Å². The Balaban J connectivity index is 1.84. The largest absolute Gasteiger partial charge is 0.394 e. The third kappa shape index (κ3) is 6.47. The highest BCUT2D eigenvalue weighted by Crippen LogP contribution is 2.25. The molecule has 1 aliphatic rings. The molecule has 1 aliphatic heterocycles. The Bertz CT molecular complexity index is 1040. The first-order chi connectivity index (χ1) is 15.2. The summed E-state index contributed by atoms with van der Waals surface area (Å²) in [5, 5.41) is 12.8. The highest BCUT2D eigenvalue weighted by atomic mass is 32.2. The molecule has 2 heterocycles. The predicted octanol–water partition coefficient (Wildman–Crippen LogP) is 2.62. The van der Waals surface area contributed by atoms with Crippen LogP contribution in [-0.2, 0) is 16.0 Å². The van der Waals surface area contributed by atoms with Crippen molar-refractivity contribution in [2.75, 3.05) is 29.7 Å². The molecule has 0 radical (unpaired) electrons. The van der Waals surface area contributed by atoms with Crippen molar-refractivity contribution in [2.45, 2.75) is 43.6 Å². The van der Waals surface area contributed by atoms with E-state index in [-0.39, 0.29) is 46.9 Å². The average Bonchev–Trinajstić information content (AvgIpc) is 2.66. The van der Waals surface area contributed by atoms with Crippen LogP contribution < -0.4 is 10.0 Å². The molecule has 0 bridgehead atoms. The Morgan fingerprint density at radius 2 is 1.91 bits per heavy atom. The third-order valence-electron chi connectivity index (χ3n) is 4.69. The number of hydrogen-bond acceptors (Lipinski definition) is 8. The molecule has 0 spiro atoms. The molecular formula is C19H26F2N6O3S2. The fraction of sp³-hybridized carbons (Fsp3) is 0.526. The van der Waals surface area contributed by atoms with Gasteiger partial charge < -0.3 is 10.4 Å². The van der Waals surface area contributed by atoms with Gasteiger partial charge in [0.2, 0.25) is 11.9 Å². The van der Waals surface area contributed by atoms with Crippen LogP contribution in [0.15, 0.2) is 23.4 Å². The lowest BCUT2D eigenvalue weighted by atomic mass is 10.0. The quantitative estimate of drug-likeness (QED) is 0.413. The average molecular weight is 489 g/mol. The van der Waals surface area contributed by atoms with E-state index in [4.69, 9.17) is 0 Å². The van der Waals surface area contributed by atoms with Gasteiger partial charge in [0.15, 0.2) is 16.8 Å². The molecule has 1 aromatic carbocycles. The highest BCUT2D eigenvalue weighted by molar-refractivity contribution is 7.98. The number of halogens is 2. The number of thioether (sulfide) groups is 1. The molecule has 1 saturated heterocycles. The molecular weight excluding hydrogens is 462 g/mol. The molecule has 0 unspecified atom stereocenters. The molecule has 13 heteroatoms. The van der Waals surface area contributed by atoms with Gasteiger partial charge in [0.1, 0.15) is 0 Å². The normalized spacial score (nSPS) is 15.4. The van der Waals surface area contributed by atoms with E-state index in [2.05, 4.69) is 25.0 Å². The Hall–Kier alpha value is -2.09. The van der Waals surface area contributed by atoms with Gasteiger partial charge in [0.25, 0.3) is 0 Å². The van der Waals surface area contributed by atoms with Crippen LogP contribution in [0.5, 0.6) is 0 Å². The zero-order valence-corrected chi connectivity index (χ0v) is 19.4. The van der Waals surface area contributed by atoms with E-state index >= 15 is 0 Å². The maximum atomic E-state index is 14.0. The van der Waals surface area contributed by atoms with E-state index in [9.17, 15) is 22.3 Å². The maximum Gasteiger partial charge on any atom is 0.303 e. The molecule has 9 nitrogen and oxygen atoms in total. The predicted molar refractivity (Wildman–Crippen MR) is 118 cm³/mol. The number of benzene rings is 1. The number of rotatable bonds is 11. The number of aliphatic hydroxyl groups excluding tert-OH is 1.